The zero-order valence-electron chi connectivity index (χ0n) is 13.4. The summed E-state index contributed by atoms with van der Waals surface area (Å²) in [5.41, 5.74) is 0.555. The number of benzene rings is 2. The number of ether oxygens (including phenoxy) is 2. The van der Waals surface area contributed by atoms with Gasteiger partial charge in [0.25, 0.3) is 0 Å². The van der Waals surface area contributed by atoms with E-state index in [0.717, 1.165) is 16.4 Å². The van der Waals surface area contributed by atoms with Gasteiger partial charge in [0.15, 0.2) is 11.5 Å². The quantitative estimate of drug-likeness (QED) is 0.798. The Kier molecular flexibility index (Phi) is 5.40. The number of sulfonamides is 1. The summed E-state index contributed by atoms with van der Waals surface area (Å²) < 4.78 is 63.1. The molecule has 0 spiro atoms. The number of methoxy groups -OCH3 is 2. The Morgan fingerprint density at radius 3 is 2.21 bits per heavy atom. The Morgan fingerprint density at radius 2 is 1.67 bits per heavy atom. The summed E-state index contributed by atoms with van der Waals surface area (Å²) in [6.45, 7) is -0.0547. The van der Waals surface area contributed by atoms with E-state index >= 15 is 0 Å². The third kappa shape index (κ3) is 3.65. The molecule has 0 heterocycles. The molecule has 0 radical (unpaired) electrons. The van der Waals surface area contributed by atoms with E-state index in [1.807, 2.05) is 0 Å². The highest BCUT2D eigenvalue weighted by Crippen LogP contribution is 2.32. The molecular formula is C16H17F2NO4S. The van der Waals surface area contributed by atoms with Crippen LogP contribution in [-0.4, -0.2) is 34.0 Å². The molecule has 0 aliphatic heterocycles. The van der Waals surface area contributed by atoms with Crippen LogP contribution < -0.4 is 9.47 Å². The zero-order chi connectivity index (χ0) is 17.9. The number of para-hydroxylation sites is 1. The Bertz CT molecular complexity index is 820. The van der Waals surface area contributed by atoms with Crippen LogP contribution in [-0.2, 0) is 16.6 Å². The van der Waals surface area contributed by atoms with Gasteiger partial charge in [0.2, 0.25) is 10.0 Å². The molecule has 0 aliphatic rings. The summed E-state index contributed by atoms with van der Waals surface area (Å²) in [5.74, 6) is -1.06. The minimum atomic E-state index is -4.07. The highest BCUT2D eigenvalue weighted by molar-refractivity contribution is 7.89. The predicted molar refractivity (Wildman–Crippen MR) is 84.6 cm³/mol. The fourth-order valence-electron chi connectivity index (χ4n) is 2.26. The molecule has 0 bridgehead atoms. The molecule has 0 unspecified atom stereocenters. The van der Waals surface area contributed by atoms with Gasteiger partial charge >= 0.3 is 0 Å². The van der Waals surface area contributed by atoms with Gasteiger partial charge in [-0.15, -0.1) is 0 Å². The molecule has 0 fully saturated rings. The van der Waals surface area contributed by atoms with E-state index in [0.29, 0.717) is 23.1 Å². The van der Waals surface area contributed by atoms with Crippen molar-refractivity contribution in [1.29, 1.82) is 0 Å². The lowest BCUT2D eigenvalue weighted by atomic mass is 10.2. The van der Waals surface area contributed by atoms with Crippen molar-refractivity contribution in [1.82, 2.24) is 4.31 Å². The number of rotatable bonds is 6. The van der Waals surface area contributed by atoms with E-state index < -0.39 is 26.6 Å². The Morgan fingerprint density at radius 1 is 1.04 bits per heavy atom. The number of hydrogen-bond donors (Lipinski definition) is 0. The van der Waals surface area contributed by atoms with Gasteiger partial charge in [-0.1, -0.05) is 12.1 Å². The molecule has 5 nitrogen and oxygen atoms in total. The van der Waals surface area contributed by atoms with Crippen LogP contribution in [0.5, 0.6) is 11.5 Å². The lowest BCUT2D eigenvalue weighted by Gasteiger charge is -2.20. The van der Waals surface area contributed by atoms with E-state index in [1.54, 1.807) is 18.2 Å². The molecule has 0 amide bonds. The van der Waals surface area contributed by atoms with E-state index in [1.165, 1.54) is 21.3 Å². The fraction of sp³-hybridized carbons (Fsp3) is 0.250. The molecule has 0 atom stereocenters. The second kappa shape index (κ2) is 7.14. The molecule has 0 N–H and O–H groups in total. The lowest BCUT2D eigenvalue weighted by Crippen LogP contribution is -2.27. The van der Waals surface area contributed by atoms with E-state index in [2.05, 4.69) is 0 Å². The molecule has 2 aromatic rings. The van der Waals surface area contributed by atoms with Gasteiger partial charge in [-0.25, -0.2) is 17.2 Å². The van der Waals surface area contributed by atoms with Crippen LogP contribution in [0.3, 0.4) is 0 Å². The maximum atomic E-state index is 13.3. The topological polar surface area (TPSA) is 55.8 Å². The Labute approximate surface area is 139 Å². The van der Waals surface area contributed by atoms with Gasteiger partial charge in [-0.2, -0.15) is 4.31 Å². The maximum Gasteiger partial charge on any atom is 0.243 e. The molecule has 0 saturated heterocycles. The minimum absolute atomic E-state index is 0.0547. The second-order valence-corrected chi connectivity index (χ2v) is 7.06. The summed E-state index contributed by atoms with van der Waals surface area (Å²) in [5, 5.41) is 0. The van der Waals surface area contributed by atoms with Crippen molar-refractivity contribution in [2.45, 2.75) is 11.4 Å². The van der Waals surface area contributed by atoms with Gasteiger partial charge in [0, 0.05) is 25.2 Å². The monoisotopic (exact) mass is 357 g/mol. The fourth-order valence-corrected chi connectivity index (χ4v) is 3.45. The molecule has 2 rings (SSSR count). The summed E-state index contributed by atoms with van der Waals surface area (Å²) in [4.78, 5) is -0.454. The van der Waals surface area contributed by atoms with Crippen molar-refractivity contribution in [3.05, 3.63) is 53.6 Å². The first kappa shape index (κ1) is 18.2. The summed E-state index contributed by atoms with van der Waals surface area (Å²) >= 11 is 0. The van der Waals surface area contributed by atoms with Crippen LogP contribution in [0, 0.1) is 11.6 Å². The summed E-state index contributed by atoms with van der Waals surface area (Å²) in [7, 11) is 0.159. The zero-order valence-corrected chi connectivity index (χ0v) is 14.2. The van der Waals surface area contributed by atoms with Crippen LogP contribution in [0.25, 0.3) is 0 Å². The third-order valence-electron chi connectivity index (χ3n) is 3.42. The normalized spacial score (nSPS) is 11.6. The van der Waals surface area contributed by atoms with E-state index in [4.69, 9.17) is 9.47 Å². The van der Waals surface area contributed by atoms with Crippen LogP contribution in [0.2, 0.25) is 0 Å². The van der Waals surface area contributed by atoms with Crippen LogP contribution >= 0.6 is 0 Å². The highest BCUT2D eigenvalue weighted by Gasteiger charge is 2.24. The SMILES string of the molecule is COc1cccc(CN(C)S(=O)(=O)c2cc(F)cc(F)c2)c1OC. The molecular weight excluding hydrogens is 340 g/mol. The number of nitrogens with zero attached hydrogens (tertiary/aromatic N) is 1. The van der Waals surface area contributed by atoms with Crippen molar-refractivity contribution < 1.29 is 26.7 Å². The summed E-state index contributed by atoms with van der Waals surface area (Å²) in [6, 6.07) is 7.22. The average Bonchev–Trinajstić information content (AvgIpc) is 2.53. The third-order valence-corrected chi connectivity index (χ3v) is 5.20. The van der Waals surface area contributed by atoms with Gasteiger partial charge < -0.3 is 9.47 Å². The van der Waals surface area contributed by atoms with Crippen molar-refractivity contribution >= 4 is 10.0 Å². The van der Waals surface area contributed by atoms with E-state index in [9.17, 15) is 17.2 Å². The van der Waals surface area contributed by atoms with Crippen LogP contribution in [0.4, 0.5) is 8.78 Å². The highest BCUT2D eigenvalue weighted by atomic mass is 32.2. The van der Waals surface area contributed by atoms with Gasteiger partial charge in [0.05, 0.1) is 19.1 Å². The minimum Gasteiger partial charge on any atom is -0.493 e. The largest absolute Gasteiger partial charge is 0.493 e. The maximum absolute atomic E-state index is 13.3. The summed E-state index contributed by atoms with van der Waals surface area (Å²) in [6.07, 6.45) is 0. The predicted octanol–water partition coefficient (Wildman–Crippen LogP) is 2.80. The number of halogens is 2. The number of hydrogen-bond acceptors (Lipinski definition) is 4. The smallest absolute Gasteiger partial charge is 0.243 e. The van der Waals surface area contributed by atoms with Crippen molar-refractivity contribution in [2.24, 2.45) is 0 Å². The van der Waals surface area contributed by atoms with Gasteiger partial charge in [-0.05, 0) is 18.2 Å². The average molecular weight is 357 g/mol. The Balaban J connectivity index is 2.37. The van der Waals surface area contributed by atoms with Crippen molar-refractivity contribution in [2.75, 3.05) is 21.3 Å². The Hall–Kier alpha value is -2.19. The van der Waals surface area contributed by atoms with Gasteiger partial charge in [-0.3, -0.25) is 0 Å². The molecule has 2 aromatic carbocycles. The van der Waals surface area contributed by atoms with Gasteiger partial charge in [0.1, 0.15) is 11.6 Å². The van der Waals surface area contributed by atoms with Crippen LogP contribution in [0.15, 0.2) is 41.3 Å². The van der Waals surface area contributed by atoms with Crippen LogP contribution in [0.1, 0.15) is 5.56 Å². The molecule has 130 valence electrons. The first-order valence-electron chi connectivity index (χ1n) is 6.92. The molecule has 0 aromatic heterocycles. The second-order valence-electron chi connectivity index (χ2n) is 5.02. The standard InChI is InChI=1S/C16H17F2NO4S/c1-19(10-11-5-4-6-15(22-2)16(11)23-3)24(20,21)14-8-12(17)7-13(18)9-14/h4-9H,10H2,1-3H3. The first-order chi connectivity index (χ1) is 11.3. The van der Waals surface area contributed by atoms with E-state index in [-0.39, 0.29) is 6.54 Å². The van der Waals surface area contributed by atoms with Crippen molar-refractivity contribution in [3.63, 3.8) is 0 Å². The lowest BCUT2D eigenvalue weighted by molar-refractivity contribution is 0.347. The molecule has 8 heteroatoms. The molecule has 0 saturated carbocycles. The first-order valence-corrected chi connectivity index (χ1v) is 8.36. The molecule has 24 heavy (non-hydrogen) atoms. The van der Waals surface area contributed by atoms with Crippen molar-refractivity contribution in [3.8, 4) is 11.5 Å². The molecule has 0 aliphatic carbocycles.